The highest BCUT2D eigenvalue weighted by molar-refractivity contribution is 6.05. The molecule has 0 aliphatic carbocycles. The third-order valence-electron chi connectivity index (χ3n) is 3.61. The number of carbonyl (C=O) groups excluding carboxylic acids is 3. The Labute approximate surface area is 120 Å². The van der Waals surface area contributed by atoms with Gasteiger partial charge in [-0.2, -0.15) is 0 Å². The van der Waals surface area contributed by atoms with Gasteiger partial charge in [-0.1, -0.05) is 13.8 Å². The molecule has 1 aliphatic heterocycles. The van der Waals surface area contributed by atoms with E-state index in [2.05, 4.69) is 10.6 Å². The Bertz CT molecular complexity index is 367. The van der Waals surface area contributed by atoms with Crippen LogP contribution in [-0.2, 0) is 14.4 Å². The number of carbonyl (C=O) groups is 3. The molecule has 114 valence electrons. The van der Waals surface area contributed by atoms with Crippen molar-refractivity contribution in [2.45, 2.75) is 58.5 Å². The van der Waals surface area contributed by atoms with Gasteiger partial charge < -0.3 is 10.6 Å². The first kappa shape index (κ1) is 16.6. The van der Waals surface area contributed by atoms with E-state index in [-0.39, 0.29) is 30.2 Å². The summed E-state index contributed by atoms with van der Waals surface area (Å²) in [5.74, 6) is -0.313. The number of rotatable bonds is 8. The number of nitrogens with one attached hydrogen (secondary N) is 2. The van der Waals surface area contributed by atoms with Gasteiger partial charge in [0, 0.05) is 25.6 Å². The van der Waals surface area contributed by atoms with Crippen LogP contribution < -0.4 is 10.6 Å². The molecule has 1 atom stereocenters. The van der Waals surface area contributed by atoms with Crippen molar-refractivity contribution in [2.24, 2.45) is 0 Å². The smallest absolute Gasteiger partial charge is 0.247 e. The van der Waals surface area contributed by atoms with Crippen molar-refractivity contribution in [2.75, 3.05) is 13.1 Å². The predicted octanol–water partition coefficient (Wildman–Crippen LogP) is 0.418. The quantitative estimate of drug-likeness (QED) is 0.633. The third kappa shape index (κ3) is 4.03. The van der Waals surface area contributed by atoms with E-state index in [9.17, 15) is 14.4 Å². The summed E-state index contributed by atoms with van der Waals surface area (Å²) >= 11 is 0. The Morgan fingerprint density at radius 3 is 2.50 bits per heavy atom. The van der Waals surface area contributed by atoms with Crippen molar-refractivity contribution in [1.82, 2.24) is 15.5 Å². The number of likely N-dealkylation sites (tertiary alicyclic amines) is 1. The lowest BCUT2D eigenvalue weighted by molar-refractivity contribution is -0.141. The van der Waals surface area contributed by atoms with Crippen molar-refractivity contribution >= 4 is 17.7 Å². The molecule has 0 radical (unpaired) electrons. The van der Waals surface area contributed by atoms with E-state index in [0.717, 1.165) is 12.8 Å². The molecule has 1 aliphatic rings. The van der Waals surface area contributed by atoms with Gasteiger partial charge in [-0.05, 0) is 19.8 Å². The van der Waals surface area contributed by atoms with Crippen LogP contribution in [0.25, 0.3) is 0 Å². The minimum Gasteiger partial charge on any atom is -0.356 e. The molecule has 1 unspecified atom stereocenters. The molecular weight excluding hydrogens is 258 g/mol. The van der Waals surface area contributed by atoms with E-state index >= 15 is 0 Å². The molecule has 2 N–H and O–H groups in total. The molecule has 0 spiro atoms. The Morgan fingerprint density at radius 2 is 1.95 bits per heavy atom. The van der Waals surface area contributed by atoms with Crippen molar-refractivity contribution < 1.29 is 14.4 Å². The van der Waals surface area contributed by atoms with Crippen LogP contribution in [0.5, 0.6) is 0 Å². The normalized spacial score (nSPS) is 19.0. The van der Waals surface area contributed by atoms with Gasteiger partial charge in [0.25, 0.3) is 0 Å². The van der Waals surface area contributed by atoms with Gasteiger partial charge >= 0.3 is 0 Å². The Hall–Kier alpha value is -1.43. The van der Waals surface area contributed by atoms with E-state index in [1.165, 1.54) is 4.90 Å². The highest BCUT2D eigenvalue weighted by Crippen LogP contribution is 2.20. The molecule has 20 heavy (non-hydrogen) atoms. The van der Waals surface area contributed by atoms with Crippen LogP contribution in [0.15, 0.2) is 0 Å². The number of imide groups is 1. The van der Waals surface area contributed by atoms with Crippen molar-refractivity contribution in [1.29, 1.82) is 0 Å². The molecule has 0 aromatic rings. The van der Waals surface area contributed by atoms with Gasteiger partial charge in [0.2, 0.25) is 17.7 Å². The summed E-state index contributed by atoms with van der Waals surface area (Å²) in [5, 5.41) is 5.71. The first-order valence-corrected chi connectivity index (χ1v) is 7.41. The fourth-order valence-corrected chi connectivity index (χ4v) is 2.49. The molecule has 0 saturated carbocycles. The van der Waals surface area contributed by atoms with E-state index in [4.69, 9.17) is 0 Å². The van der Waals surface area contributed by atoms with Crippen LogP contribution in [-0.4, -0.2) is 47.8 Å². The van der Waals surface area contributed by atoms with Crippen molar-refractivity contribution in [3.05, 3.63) is 0 Å². The maximum Gasteiger partial charge on any atom is 0.247 e. The van der Waals surface area contributed by atoms with Crippen LogP contribution in [0, 0.1) is 0 Å². The number of hydrogen-bond acceptors (Lipinski definition) is 4. The largest absolute Gasteiger partial charge is 0.356 e. The molecule has 1 saturated heterocycles. The lowest BCUT2D eigenvalue weighted by atomic mass is 10.1. The summed E-state index contributed by atoms with van der Waals surface area (Å²) in [6.07, 6.45) is 2.07. The summed E-state index contributed by atoms with van der Waals surface area (Å²) in [7, 11) is 0. The Balaban J connectivity index is 2.48. The fraction of sp³-hybridized carbons (Fsp3) is 0.786. The average Bonchev–Trinajstić information content (AvgIpc) is 2.68. The molecule has 1 fully saturated rings. The van der Waals surface area contributed by atoms with Crippen LogP contribution >= 0.6 is 0 Å². The summed E-state index contributed by atoms with van der Waals surface area (Å²) in [5.41, 5.74) is 0. The minimum atomic E-state index is -0.475. The molecule has 1 heterocycles. The molecule has 0 aromatic carbocycles. The minimum absolute atomic E-state index is 0.00908. The number of hydrogen-bond donors (Lipinski definition) is 2. The Morgan fingerprint density at radius 1 is 1.30 bits per heavy atom. The summed E-state index contributed by atoms with van der Waals surface area (Å²) in [4.78, 5) is 36.9. The van der Waals surface area contributed by atoms with Crippen LogP contribution in [0.1, 0.15) is 46.5 Å². The van der Waals surface area contributed by atoms with E-state index < -0.39 is 6.04 Å². The monoisotopic (exact) mass is 283 g/mol. The summed E-state index contributed by atoms with van der Waals surface area (Å²) < 4.78 is 0. The zero-order valence-corrected chi connectivity index (χ0v) is 12.6. The van der Waals surface area contributed by atoms with E-state index in [1.54, 1.807) is 0 Å². The van der Waals surface area contributed by atoms with Crippen molar-refractivity contribution in [3.8, 4) is 0 Å². The fourth-order valence-electron chi connectivity index (χ4n) is 2.49. The van der Waals surface area contributed by atoms with Gasteiger partial charge in [-0.15, -0.1) is 0 Å². The molecule has 6 heteroatoms. The van der Waals surface area contributed by atoms with Crippen LogP contribution in [0.4, 0.5) is 0 Å². The average molecular weight is 283 g/mol. The zero-order valence-electron chi connectivity index (χ0n) is 12.6. The first-order chi connectivity index (χ1) is 9.54. The van der Waals surface area contributed by atoms with Gasteiger partial charge in [0.15, 0.2) is 0 Å². The van der Waals surface area contributed by atoms with Gasteiger partial charge in [0.1, 0.15) is 0 Å². The van der Waals surface area contributed by atoms with Crippen LogP contribution in [0.3, 0.4) is 0 Å². The van der Waals surface area contributed by atoms with E-state index in [1.807, 2.05) is 20.8 Å². The SMILES string of the molecule is CCNC(=O)CCNC1CC(=O)N(C(CC)CC)C1=O. The second-order valence-electron chi connectivity index (χ2n) is 4.99. The number of amides is 3. The highest BCUT2D eigenvalue weighted by atomic mass is 16.2. The lowest BCUT2D eigenvalue weighted by Crippen LogP contribution is -2.44. The highest BCUT2D eigenvalue weighted by Gasteiger charge is 2.40. The Kier molecular flexibility index (Phi) is 6.64. The van der Waals surface area contributed by atoms with Gasteiger partial charge in [-0.3, -0.25) is 19.3 Å². The summed E-state index contributed by atoms with van der Waals surface area (Å²) in [6, 6.07) is -0.484. The molecule has 6 nitrogen and oxygen atoms in total. The predicted molar refractivity (Wildman–Crippen MR) is 75.9 cm³/mol. The molecular formula is C14H25N3O3. The zero-order chi connectivity index (χ0) is 15.1. The molecule has 3 amide bonds. The van der Waals surface area contributed by atoms with Crippen molar-refractivity contribution in [3.63, 3.8) is 0 Å². The topological polar surface area (TPSA) is 78.5 Å². The van der Waals surface area contributed by atoms with E-state index in [0.29, 0.717) is 19.5 Å². The lowest BCUT2D eigenvalue weighted by Gasteiger charge is -2.24. The second-order valence-corrected chi connectivity index (χ2v) is 4.99. The first-order valence-electron chi connectivity index (χ1n) is 7.41. The molecule has 0 bridgehead atoms. The standard InChI is InChI=1S/C14H25N3O3/c1-4-10(5-2)17-13(19)9-11(14(17)20)16-8-7-12(18)15-6-3/h10-11,16H,4-9H2,1-3H3,(H,15,18). The maximum atomic E-state index is 12.2. The third-order valence-corrected chi connectivity index (χ3v) is 3.61. The maximum absolute atomic E-state index is 12.2. The molecule has 0 aromatic heterocycles. The van der Waals surface area contributed by atoms with Crippen LogP contribution in [0.2, 0.25) is 0 Å². The van der Waals surface area contributed by atoms with Gasteiger partial charge in [0.05, 0.1) is 12.5 Å². The number of nitrogens with zero attached hydrogens (tertiary/aromatic N) is 1. The summed E-state index contributed by atoms with van der Waals surface area (Å²) in [6.45, 7) is 6.82. The second kappa shape index (κ2) is 7.99. The van der Waals surface area contributed by atoms with Gasteiger partial charge in [-0.25, -0.2) is 0 Å². The molecule has 1 rings (SSSR count).